The molecule has 4 heteroatoms. The van der Waals surface area contributed by atoms with E-state index in [1.54, 1.807) is 30.2 Å². The van der Waals surface area contributed by atoms with Crippen molar-refractivity contribution in [2.75, 3.05) is 0 Å². The van der Waals surface area contributed by atoms with Crippen molar-refractivity contribution >= 4 is 22.5 Å². The number of nitrogens with zero attached hydrogens (tertiary/aromatic N) is 2. The Bertz CT molecular complexity index is 701. The van der Waals surface area contributed by atoms with Crippen LogP contribution in [0.4, 0.5) is 0 Å². The molecular weight excluding hydrogens is 256 g/mol. The maximum Gasteiger partial charge on any atom is 0.138 e. The molecule has 0 aliphatic heterocycles. The van der Waals surface area contributed by atoms with Gasteiger partial charge in [-0.2, -0.15) is 0 Å². The molecule has 19 heavy (non-hydrogen) atoms. The highest BCUT2D eigenvalue weighted by Crippen LogP contribution is 2.34. The van der Waals surface area contributed by atoms with Crippen LogP contribution in [0.25, 0.3) is 10.8 Å². The summed E-state index contributed by atoms with van der Waals surface area (Å²) in [5.74, 6) is 1.84. The van der Waals surface area contributed by atoms with E-state index in [0.29, 0.717) is 5.75 Å². The van der Waals surface area contributed by atoms with Crippen LogP contribution in [0.1, 0.15) is 5.82 Å². The van der Waals surface area contributed by atoms with Gasteiger partial charge in [0.15, 0.2) is 0 Å². The van der Waals surface area contributed by atoms with Crippen LogP contribution >= 0.6 is 11.8 Å². The highest BCUT2D eigenvalue weighted by atomic mass is 32.2. The fraction of sp³-hybridized carbons (Fsp3) is 0.0667. The van der Waals surface area contributed by atoms with E-state index in [2.05, 4.69) is 9.97 Å². The summed E-state index contributed by atoms with van der Waals surface area (Å²) in [5, 5.41) is 11.8. The molecule has 0 unspecified atom stereocenters. The Balaban J connectivity index is 1.91. The minimum Gasteiger partial charge on any atom is -0.507 e. The van der Waals surface area contributed by atoms with Crippen LogP contribution in [0, 0.1) is 0 Å². The molecule has 0 bridgehead atoms. The van der Waals surface area contributed by atoms with Gasteiger partial charge in [0.1, 0.15) is 11.6 Å². The molecule has 1 aromatic heterocycles. The summed E-state index contributed by atoms with van der Waals surface area (Å²) in [7, 11) is 0. The second-order valence-corrected chi connectivity index (χ2v) is 5.10. The predicted molar refractivity (Wildman–Crippen MR) is 77.2 cm³/mol. The molecule has 0 saturated carbocycles. The summed E-state index contributed by atoms with van der Waals surface area (Å²) in [6.07, 6.45) is 3.50. The minimum absolute atomic E-state index is 0.316. The molecule has 0 fully saturated rings. The third kappa shape index (κ3) is 2.53. The fourth-order valence-corrected chi connectivity index (χ4v) is 2.86. The van der Waals surface area contributed by atoms with Gasteiger partial charge in [-0.3, -0.25) is 0 Å². The molecule has 0 saturated heterocycles. The number of rotatable bonds is 3. The van der Waals surface area contributed by atoms with E-state index in [1.807, 2.05) is 36.4 Å². The normalized spacial score (nSPS) is 10.7. The summed E-state index contributed by atoms with van der Waals surface area (Å²) < 4.78 is 0. The van der Waals surface area contributed by atoms with Crippen LogP contribution < -0.4 is 0 Å². The quantitative estimate of drug-likeness (QED) is 0.737. The van der Waals surface area contributed by atoms with Crippen LogP contribution in [0.5, 0.6) is 5.75 Å². The molecular formula is C15H12N2OS. The van der Waals surface area contributed by atoms with Crippen molar-refractivity contribution in [2.24, 2.45) is 0 Å². The minimum atomic E-state index is 0.316. The maximum atomic E-state index is 9.85. The molecule has 0 aliphatic carbocycles. The standard InChI is InChI=1S/C15H12N2OS/c18-13-6-7-14(12-5-2-1-4-11(12)13)19-10-15-16-8-3-9-17-15/h1-9,18H,10H2. The number of aromatic hydroxyl groups is 1. The average Bonchev–Trinajstić information content (AvgIpc) is 2.48. The first kappa shape index (κ1) is 12.0. The molecule has 2 aromatic carbocycles. The summed E-state index contributed by atoms with van der Waals surface area (Å²) in [6, 6.07) is 13.3. The third-order valence-electron chi connectivity index (χ3n) is 2.84. The van der Waals surface area contributed by atoms with E-state index in [0.717, 1.165) is 27.2 Å². The van der Waals surface area contributed by atoms with Gasteiger partial charge < -0.3 is 5.11 Å². The Labute approximate surface area is 115 Å². The van der Waals surface area contributed by atoms with E-state index in [-0.39, 0.29) is 0 Å². The van der Waals surface area contributed by atoms with Gasteiger partial charge >= 0.3 is 0 Å². The number of hydrogen-bond acceptors (Lipinski definition) is 4. The molecule has 0 aliphatic rings. The van der Waals surface area contributed by atoms with Crippen molar-refractivity contribution in [3.8, 4) is 5.75 Å². The number of hydrogen-bond donors (Lipinski definition) is 1. The van der Waals surface area contributed by atoms with Gasteiger partial charge in [-0.05, 0) is 23.6 Å². The maximum absolute atomic E-state index is 9.85. The first-order valence-corrected chi connectivity index (χ1v) is 6.92. The molecule has 0 spiro atoms. The summed E-state index contributed by atoms with van der Waals surface area (Å²) in [6.45, 7) is 0. The lowest BCUT2D eigenvalue weighted by Gasteiger charge is -2.07. The summed E-state index contributed by atoms with van der Waals surface area (Å²) in [4.78, 5) is 9.55. The van der Waals surface area contributed by atoms with Crippen molar-refractivity contribution in [1.82, 2.24) is 9.97 Å². The molecule has 0 amide bonds. The highest BCUT2D eigenvalue weighted by molar-refractivity contribution is 7.98. The van der Waals surface area contributed by atoms with Gasteiger partial charge in [0.05, 0.1) is 5.75 Å². The van der Waals surface area contributed by atoms with Gasteiger partial charge in [0, 0.05) is 22.7 Å². The third-order valence-corrected chi connectivity index (χ3v) is 3.91. The fourth-order valence-electron chi connectivity index (χ4n) is 1.93. The molecule has 0 radical (unpaired) electrons. The van der Waals surface area contributed by atoms with Crippen molar-refractivity contribution in [2.45, 2.75) is 10.6 Å². The summed E-state index contributed by atoms with van der Waals surface area (Å²) in [5.41, 5.74) is 0. The number of phenolic OH excluding ortho intramolecular Hbond substituents is 1. The van der Waals surface area contributed by atoms with Crippen molar-refractivity contribution in [1.29, 1.82) is 0 Å². The first-order chi connectivity index (χ1) is 9.34. The Morgan fingerprint density at radius 1 is 0.895 bits per heavy atom. The Hall–Kier alpha value is -2.07. The monoisotopic (exact) mass is 268 g/mol. The number of aromatic nitrogens is 2. The van der Waals surface area contributed by atoms with Crippen LogP contribution in [0.15, 0.2) is 59.8 Å². The Kier molecular flexibility index (Phi) is 3.33. The lowest BCUT2D eigenvalue weighted by atomic mass is 10.1. The van der Waals surface area contributed by atoms with E-state index in [1.165, 1.54) is 0 Å². The van der Waals surface area contributed by atoms with Gasteiger partial charge in [-0.15, -0.1) is 11.8 Å². The Morgan fingerprint density at radius 3 is 2.42 bits per heavy atom. The van der Waals surface area contributed by atoms with Gasteiger partial charge in [-0.1, -0.05) is 24.3 Å². The van der Waals surface area contributed by atoms with Crippen LogP contribution in [0.3, 0.4) is 0 Å². The highest BCUT2D eigenvalue weighted by Gasteiger charge is 2.06. The van der Waals surface area contributed by atoms with Crippen molar-refractivity contribution < 1.29 is 5.11 Å². The first-order valence-electron chi connectivity index (χ1n) is 5.94. The molecule has 3 rings (SSSR count). The molecule has 0 atom stereocenters. The van der Waals surface area contributed by atoms with E-state index >= 15 is 0 Å². The molecule has 1 heterocycles. The van der Waals surface area contributed by atoms with Crippen LogP contribution in [-0.4, -0.2) is 15.1 Å². The van der Waals surface area contributed by atoms with E-state index in [9.17, 15) is 5.11 Å². The zero-order valence-corrected chi connectivity index (χ0v) is 11.0. The smallest absolute Gasteiger partial charge is 0.138 e. The van der Waals surface area contributed by atoms with Gasteiger partial charge in [0.2, 0.25) is 0 Å². The topological polar surface area (TPSA) is 46.0 Å². The zero-order chi connectivity index (χ0) is 13.1. The van der Waals surface area contributed by atoms with Crippen molar-refractivity contribution in [3.63, 3.8) is 0 Å². The SMILES string of the molecule is Oc1ccc(SCc2ncccn2)c2ccccc12. The number of benzene rings is 2. The second-order valence-electron chi connectivity index (χ2n) is 4.08. The Morgan fingerprint density at radius 2 is 1.63 bits per heavy atom. The van der Waals surface area contributed by atoms with E-state index in [4.69, 9.17) is 0 Å². The number of phenols is 1. The van der Waals surface area contributed by atoms with Gasteiger partial charge in [0.25, 0.3) is 0 Å². The second kappa shape index (κ2) is 5.28. The van der Waals surface area contributed by atoms with Crippen LogP contribution in [-0.2, 0) is 5.75 Å². The van der Waals surface area contributed by atoms with E-state index < -0.39 is 0 Å². The molecule has 3 nitrogen and oxygen atoms in total. The lowest BCUT2D eigenvalue weighted by molar-refractivity contribution is 0.481. The number of fused-ring (bicyclic) bond motifs is 1. The molecule has 1 N–H and O–H groups in total. The predicted octanol–water partition coefficient (Wildman–Crippen LogP) is 3.63. The zero-order valence-electron chi connectivity index (χ0n) is 10.2. The largest absolute Gasteiger partial charge is 0.507 e. The number of thioether (sulfide) groups is 1. The lowest BCUT2D eigenvalue weighted by Crippen LogP contribution is -1.90. The van der Waals surface area contributed by atoms with Gasteiger partial charge in [-0.25, -0.2) is 9.97 Å². The average molecular weight is 268 g/mol. The molecule has 94 valence electrons. The van der Waals surface area contributed by atoms with Crippen LogP contribution in [0.2, 0.25) is 0 Å². The summed E-state index contributed by atoms with van der Waals surface area (Å²) >= 11 is 1.68. The molecule has 3 aromatic rings. The van der Waals surface area contributed by atoms with Crippen molar-refractivity contribution in [3.05, 3.63) is 60.7 Å².